The first-order valence-corrected chi connectivity index (χ1v) is 6.49. The van der Waals surface area contributed by atoms with Gasteiger partial charge in [-0.2, -0.15) is 0 Å². The molecule has 1 atom stereocenters. The van der Waals surface area contributed by atoms with Crippen LogP contribution in [0.2, 0.25) is 0 Å². The van der Waals surface area contributed by atoms with Crippen LogP contribution >= 0.6 is 0 Å². The molecule has 1 unspecified atom stereocenters. The van der Waals surface area contributed by atoms with Crippen molar-refractivity contribution in [1.29, 1.82) is 0 Å². The Balaban J connectivity index is 1.90. The maximum Gasteiger partial charge on any atom is 0.313 e. The Hall–Kier alpha value is -2.67. The Labute approximate surface area is 125 Å². The zero-order chi connectivity index (χ0) is 16.2. The molecule has 0 aliphatic rings. The van der Waals surface area contributed by atoms with E-state index in [0.717, 1.165) is 6.07 Å². The first kappa shape index (κ1) is 15.7. The smallest absolute Gasteiger partial charge is 0.313 e. The monoisotopic (exact) mass is 306 g/mol. The van der Waals surface area contributed by atoms with Gasteiger partial charge in [0, 0.05) is 5.69 Å². The second-order valence-electron chi connectivity index (χ2n) is 4.90. The molecule has 2 rings (SSSR count). The fourth-order valence-corrected chi connectivity index (χ4v) is 1.76. The first-order valence-electron chi connectivity index (χ1n) is 6.49. The largest absolute Gasteiger partial charge is 0.466 e. The van der Waals surface area contributed by atoms with Gasteiger partial charge in [-0.15, -0.1) is 0 Å². The number of nitrogens with one attached hydrogen (secondary N) is 2. The van der Waals surface area contributed by atoms with Gasteiger partial charge >= 0.3 is 11.8 Å². The van der Waals surface area contributed by atoms with Gasteiger partial charge in [-0.3, -0.25) is 9.59 Å². The molecule has 0 spiro atoms. The lowest BCUT2D eigenvalue weighted by atomic mass is 10.0. The van der Waals surface area contributed by atoms with Crippen LogP contribution in [0.15, 0.2) is 47.1 Å². The Morgan fingerprint density at radius 1 is 1.27 bits per heavy atom. The molecule has 2 amide bonds. The summed E-state index contributed by atoms with van der Waals surface area (Å²) in [6.45, 7) is 1.23. The number of benzene rings is 1. The van der Waals surface area contributed by atoms with Crippen LogP contribution in [0.3, 0.4) is 0 Å². The SMILES string of the molecule is CC(O)(CNC(=O)C(=O)Nc1cccc(F)c1)c1ccco1. The van der Waals surface area contributed by atoms with Crippen molar-refractivity contribution in [2.75, 3.05) is 11.9 Å². The predicted octanol–water partition coefficient (Wildman–Crippen LogP) is 1.38. The topological polar surface area (TPSA) is 91.6 Å². The number of carbonyl (C=O) groups excluding carboxylic acids is 2. The Morgan fingerprint density at radius 2 is 2.05 bits per heavy atom. The molecule has 0 fully saturated rings. The molecule has 7 heteroatoms. The number of hydrogen-bond acceptors (Lipinski definition) is 4. The molecule has 0 aliphatic carbocycles. The van der Waals surface area contributed by atoms with Crippen LogP contribution in [0.4, 0.5) is 10.1 Å². The number of carbonyl (C=O) groups is 2. The molecule has 3 N–H and O–H groups in total. The van der Waals surface area contributed by atoms with Gasteiger partial charge in [-0.05, 0) is 37.3 Å². The quantitative estimate of drug-likeness (QED) is 0.744. The summed E-state index contributed by atoms with van der Waals surface area (Å²) in [5, 5.41) is 14.7. The lowest BCUT2D eigenvalue weighted by Gasteiger charge is -2.20. The molecular weight excluding hydrogens is 291 g/mol. The molecule has 0 saturated carbocycles. The van der Waals surface area contributed by atoms with Crippen molar-refractivity contribution in [1.82, 2.24) is 5.32 Å². The highest BCUT2D eigenvalue weighted by atomic mass is 19.1. The summed E-state index contributed by atoms with van der Waals surface area (Å²) in [6, 6.07) is 8.32. The van der Waals surface area contributed by atoms with Crippen LogP contribution in [0.25, 0.3) is 0 Å². The summed E-state index contributed by atoms with van der Waals surface area (Å²) in [7, 11) is 0. The van der Waals surface area contributed by atoms with Crippen LogP contribution in [0.1, 0.15) is 12.7 Å². The van der Waals surface area contributed by atoms with Gasteiger partial charge in [0.2, 0.25) is 0 Å². The number of furan rings is 1. The Bertz CT molecular complexity index is 668. The van der Waals surface area contributed by atoms with Gasteiger partial charge in [0.15, 0.2) is 0 Å². The molecule has 0 saturated heterocycles. The van der Waals surface area contributed by atoms with E-state index in [1.165, 1.54) is 31.4 Å². The van der Waals surface area contributed by atoms with E-state index in [0.29, 0.717) is 0 Å². The van der Waals surface area contributed by atoms with E-state index in [4.69, 9.17) is 4.42 Å². The third kappa shape index (κ3) is 3.92. The van der Waals surface area contributed by atoms with Crippen LogP contribution < -0.4 is 10.6 Å². The molecule has 116 valence electrons. The summed E-state index contributed by atoms with van der Waals surface area (Å²) >= 11 is 0. The van der Waals surface area contributed by atoms with Gasteiger partial charge < -0.3 is 20.2 Å². The highest BCUT2D eigenvalue weighted by Crippen LogP contribution is 2.19. The molecule has 1 heterocycles. The minimum atomic E-state index is -1.45. The number of aliphatic hydroxyl groups is 1. The number of halogens is 1. The summed E-state index contributed by atoms with van der Waals surface area (Å²) < 4.78 is 18.0. The number of anilines is 1. The molecule has 6 nitrogen and oxygen atoms in total. The third-order valence-corrected chi connectivity index (χ3v) is 2.93. The van der Waals surface area contributed by atoms with E-state index in [2.05, 4.69) is 10.6 Å². The second kappa shape index (κ2) is 6.40. The van der Waals surface area contributed by atoms with Gasteiger partial charge in [-0.1, -0.05) is 6.07 Å². The fourth-order valence-electron chi connectivity index (χ4n) is 1.76. The van der Waals surface area contributed by atoms with E-state index in [1.54, 1.807) is 12.1 Å². The van der Waals surface area contributed by atoms with E-state index in [-0.39, 0.29) is 18.0 Å². The molecule has 2 aromatic rings. The summed E-state index contributed by atoms with van der Waals surface area (Å²) in [6.07, 6.45) is 1.39. The lowest BCUT2D eigenvalue weighted by Crippen LogP contribution is -2.43. The average Bonchev–Trinajstić information content (AvgIpc) is 3.00. The highest BCUT2D eigenvalue weighted by molar-refractivity contribution is 6.39. The Kier molecular flexibility index (Phi) is 4.57. The van der Waals surface area contributed by atoms with Crippen molar-refractivity contribution in [3.05, 3.63) is 54.2 Å². The van der Waals surface area contributed by atoms with Crippen molar-refractivity contribution < 1.29 is 23.5 Å². The summed E-state index contributed by atoms with van der Waals surface area (Å²) in [4.78, 5) is 23.4. The van der Waals surface area contributed by atoms with Crippen molar-refractivity contribution in [3.8, 4) is 0 Å². The fraction of sp³-hybridized carbons (Fsp3) is 0.200. The zero-order valence-electron chi connectivity index (χ0n) is 11.8. The number of hydrogen-bond donors (Lipinski definition) is 3. The van der Waals surface area contributed by atoms with Crippen molar-refractivity contribution in [2.24, 2.45) is 0 Å². The summed E-state index contributed by atoms with van der Waals surface area (Å²) in [5.74, 6) is -2.17. The molecule has 0 radical (unpaired) electrons. The van der Waals surface area contributed by atoms with Crippen molar-refractivity contribution in [2.45, 2.75) is 12.5 Å². The second-order valence-corrected chi connectivity index (χ2v) is 4.90. The standard InChI is InChI=1S/C15H15FN2O4/c1-15(21,12-6-3-7-22-12)9-17-13(19)14(20)18-11-5-2-4-10(16)8-11/h2-8,21H,9H2,1H3,(H,17,19)(H,18,20). The lowest BCUT2D eigenvalue weighted by molar-refractivity contribution is -0.136. The van der Waals surface area contributed by atoms with Crippen LogP contribution in [0.5, 0.6) is 0 Å². The molecule has 22 heavy (non-hydrogen) atoms. The minimum absolute atomic E-state index is 0.165. The van der Waals surface area contributed by atoms with E-state index in [1.807, 2.05) is 0 Å². The zero-order valence-corrected chi connectivity index (χ0v) is 11.8. The maximum atomic E-state index is 13.0. The van der Waals surface area contributed by atoms with Crippen LogP contribution in [-0.2, 0) is 15.2 Å². The Morgan fingerprint density at radius 3 is 2.68 bits per heavy atom. The molecule has 0 bridgehead atoms. The van der Waals surface area contributed by atoms with Gasteiger partial charge in [0.25, 0.3) is 0 Å². The third-order valence-electron chi connectivity index (χ3n) is 2.93. The number of amides is 2. The van der Waals surface area contributed by atoms with Gasteiger partial charge in [0.05, 0.1) is 12.8 Å². The maximum absolute atomic E-state index is 13.0. The van der Waals surface area contributed by atoms with E-state index in [9.17, 15) is 19.1 Å². The minimum Gasteiger partial charge on any atom is -0.466 e. The number of rotatable bonds is 4. The normalized spacial score (nSPS) is 13.2. The van der Waals surface area contributed by atoms with Crippen LogP contribution in [-0.4, -0.2) is 23.5 Å². The van der Waals surface area contributed by atoms with Crippen molar-refractivity contribution >= 4 is 17.5 Å². The predicted molar refractivity (Wildman–Crippen MR) is 76.3 cm³/mol. The van der Waals surface area contributed by atoms with Gasteiger partial charge in [0.1, 0.15) is 17.2 Å². The molecule has 1 aromatic carbocycles. The van der Waals surface area contributed by atoms with Crippen molar-refractivity contribution in [3.63, 3.8) is 0 Å². The molecular formula is C15H15FN2O4. The highest BCUT2D eigenvalue weighted by Gasteiger charge is 2.28. The summed E-state index contributed by atoms with van der Waals surface area (Å²) in [5.41, 5.74) is -1.28. The van der Waals surface area contributed by atoms with E-state index < -0.39 is 23.2 Å². The van der Waals surface area contributed by atoms with Crippen LogP contribution in [0, 0.1) is 5.82 Å². The van der Waals surface area contributed by atoms with E-state index >= 15 is 0 Å². The molecule has 0 aliphatic heterocycles. The first-order chi connectivity index (χ1) is 10.4. The average molecular weight is 306 g/mol. The molecule has 1 aromatic heterocycles. The van der Waals surface area contributed by atoms with Gasteiger partial charge in [-0.25, -0.2) is 4.39 Å².